The highest BCUT2D eigenvalue weighted by Crippen LogP contribution is 2.18. The molecule has 0 bridgehead atoms. The van der Waals surface area contributed by atoms with Crippen molar-refractivity contribution in [1.29, 1.82) is 0 Å². The summed E-state index contributed by atoms with van der Waals surface area (Å²) in [7, 11) is 0. The van der Waals surface area contributed by atoms with E-state index in [9.17, 15) is 14.4 Å². The molecular weight excluding hydrogens is 494 g/mol. The maximum atomic E-state index is 11.1. The Morgan fingerprint density at radius 2 is 0.769 bits per heavy atom. The Morgan fingerprint density at radius 1 is 0.462 bits per heavy atom. The number of aliphatic carboxylic acids is 3. The van der Waals surface area contributed by atoms with Crippen LogP contribution in [0, 0.1) is 0 Å². The number of carbonyl (C=O) groups is 3. The van der Waals surface area contributed by atoms with E-state index in [2.05, 4.69) is 19.1 Å². The Labute approximate surface area is 238 Å². The Hall–Kier alpha value is -1.89. The molecule has 7 nitrogen and oxygen atoms in total. The maximum Gasteiger partial charge on any atom is 0.303 e. The molecule has 0 radical (unpaired) electrons. The quantitative estimate of drug-likeness (QED) is 0.0468. The molecule has 0 saturated heterocycles. The van der Waals surface area contributed by atoms with Gasteiger partial charge in [0, 0.05) is 19.3 Å². The van der Waals surface area contributed by atoms with Crippen LogP contribution >= 0.6 is 0 Å². The minimum absolute atomic E-state index is 0.0831. The molecule has 0 aromatic carbocycles. The van der Waals surface area contributed by atoms with Crippen LogP contribution in [-0.4, -0.2) is 63.9 Å². The highest BCUT2D eigenvalue weighted by Gasteiger charge is 2.27. The first-order valence-electron chi connectivity index (χ1n) is 16.0. The normalized spacial score (nSPS) is 11.8. The lowest BCUT2D eigenvalue weighted by Gasteiger charge is -2.39. The van der Waals surface area contributed by atoms with Crippen molar-refractivity contribution >= 4 is 17.9 Å². The Kier molecular flexibility index (Phi) is 25.1. The fraction of sp³-hybridized carbons (Fsp3) is 0.844. The zero-order valence-electron chi connectivity index (χ0n) is 25.1. The molecule has 0 rings (SSSR count). The van der Waals surface area contributed by atoms with E-state index in [4.69, 9.17) is 15.3 Å². The summed E-state index contributed by atoms with van der Waals surface area (Å²) in [5.74, 6) is -2.49. The van der Waals surface area contributed by atoms with Gasteiger partial charge in [0.15, 0.2) is 0 Å². The van der Waals surface area contributed by atoms with Gasteiger partial charge in [0.05, 0.1) is 45.4 Å². The van der Waals surface area contributed by atoms with Gasteiger partial charge >= 0.3 is 17.9 Å². The third-order valence-corrected chi connectivity index (χ3v) is 7.71. The monoisotopic (exact) mass is 554 g/mol. The minimum atomic E-state index is -0.831. The van der Waals surface area contributed by atoms with Crippen molar-refractivity contribution in [2.45, 2.75) is 148 Å². The van der Waals surface area contributed by atoms with E-state index in [1.54, 1.807) is 0 Å². The number of nitrogens with zero attached hydrogens (tertiary/aromatic N) is 1. The standard InChI is InChI=1S/C32H59NO6/c1-2-3-4-5-6-7-8-9-10-11-12-13-14-15-16-17-18-19-26-33(27-20-23-30(34)35,28-21-24-31(36)37)29-22-25-32(38)39/h15-16H,2-14,17-29H2,1H3,(H2-,34,35,36,37,38,39)/p+1/b16-15+. The minimum Gasteiger partial charge on any atom is -0.481 e. The highest BCUT2D eigenvalue weighted by atomic mass is 16.4. The first-order chi connectivity index (χ1) is 18.8. The molecule has 0 spiro atoms. The first kappa shape index (κ1) is 37.1. The molecule has 0 unspecified atom stereocenters. The van der Waals surface area contributed by atoms with Gasteiger partial charge in [-0.1, -0.05) is 89.7 Å². The number of unbranched alkanes of at least 4 members (excludes halogenated alkanes) is 14. The van der Waals surface area contributed by atoms with Crippen LogP contribution in [0.1, 0.15) is 148 Å². The molecule has 0 aliphatic rings. The summed E-state index contributed by atoms with van der Waals surface area (Å²) < 4.78 is 0.621. The fourth-order valence-corrected chi connectivity index (χ4v) is 5.42. The fourth-order valence-electron chi connectivity index (χ4n) is 5.42. The van der Waals surface area contributed by atoms with E-state index >= 15 is 0 Å². The molecule has 0 aliphatic carbocycles. The van der Waals surface area contributed by atoms with E-state index < -0.39 is 17.9 Å². The second-order valence-electron chi connectivity index (χ2n) is 11.4. The van der Waals surface area contributed by atoms with Gasteiger partial charge in [0.1, 0.15) is 0 Å². The summed E-state index contributed by atoms with van der Waals surface area (Å²) in [4.78, 5) is 33.2. The van der Waals surface area contributed by atoms with Crippen molar-refractivity contribution in [2.75, 3.05) is 26.2 Å². The third kappa shape index (κ3) is 26.1. The number of hydrogen-bond acceptors (Lipinski definition) is 3. The van der Waals surface area contributed by atoms with Crippen LogP contribution in [0.5, 0.6) is 0 Å². The van der Waals surface area contributed by atoms with Gasteiger partial charge in [-0.25, -0.2) is 0 Å². The summed E-state index contributed by atoms with van der Waals surface area (Å²) in [6, 6.07) is 0. The van der Waals surface area contributed by atoms with E-state index in [0.29, 0.717) is 43.4 Å². The van der Waals surface area contributed by atoms with Crippen molar-refractivity contribution in [3.8, 4) is 0 Å². The van der Waals surface area contributed by atoms with Crippen molar-refractivity contribution in [1.82, 2.24) is 0 Å². The summed E-state index contributed by atoms with van der Waals surface area (Å²) in [6.45, 7) is 5.06. The van der Waals surface area contributed by atoms with Crippen molar-refractivity contribution < 1.29 is 34.2 Å². The van der Waals surface area contributed by atoms with Crippen LogP contribution in [0.3, 0.4) is 0 Å². The number of carboxylic acid groups (broad SMARTS) is 3. The second kappa shape index (κ2) is 26.3. The number of hydrogen-bond donors (Lipinski definition) is 3. The van der Waals surface area contributed by atoms with Gasteiger partial charge in [-0.3, -0.25) is 14.4 Å². The van der Waals surface area contributed by atoms with Crippen LogP contribution in [0.2, 0.25) is 0 Å². The van der Waals surface area contributed by atoms with Gasteiger partial charge in [0.2, 0.25) is 0 Å². The molecule has 0 aromatic rings. The molecule has 0 amide bonds. The van der Waals surface area contributed by atoms with Crippen molar-refractivity contribution in [3.63, 3.8) is 0 Å². The van der Waals surface area contributed by atoms with Crippen LogP contribution in [-0.2, 0) is 14.4 Å². The van der Waals surface area contributed by atoms with E-state index in [1.165, 1.54) is 77.0 Å². The summed E-state index contributed by atoms with van der Waals surface area (Å²) >= 11 is 0. The van der Waals surface area contributed by atoms with Gasteiger partial charge < -0.3 is 19.8 Å². The van der Waals surface area contributed by atoms with Gasteiger partial charge in [-0.15, -0.1) is 0 Å². The molecule has 0 saturated carbocycles. The Morgan fingerprint density at radius 3 is 1.13 bits per heavy atom. The van der Waals surface area contributed by atoms with E-state index in [-0.39, 0.29) is 19.3 Å². The topological polar surface area (TPSA) is 112 Å². The molecule has 3 N–H and O–H groups in total. The van der Waals surface area contributed by atoms with E-state index in [0.717, 1.165) is 32.2 Å². The SMILES string of the molecule is CCCCCCCCCCCCCC/C=C/CCCC[N+](CCCC(=O)O)(CCCC(=O)O)CCCC(=O)O. The number of quaternary nitrogens is 1. The lowest BCUT2D eigenvalue weighted by Crippen LogP contribution is -2.51. The lowest BCUT2D eigenvalue weighted by atomic mass is 10.0. The maximum absolute atomic E-state index is 11.1. The van der Waals surface area contributed by atoms with Crippen LogP contribution in [0.25, 0.3) is 0 Å². The van der Waals surface area contributed by atoms with Crippen LogP contribution in [0.15, 0.2) is 12.2 Å². The Bertz CT molecular complexity index is 598. The van der Waals surface area contributed by atoms with Gasteiger partial charge in [0.25, 0.3) is 0 Å². The zero-order valence-corrected chi connectivity index (χ0v) is 25.1. The van der Waals surface area contributed by atoms with Gasteiger partial charge in [-0.05, 0) is 32.1 Å². The molecule has 0 fully saturated rings. The molecule has 0 aliphatic heterocycles. The Balaban J connectivity index is 4.23. The lowest BCUT2D eigenvalue weighted by molar-refractivity contribution is -0.929. The average Bonchev–Trinajstić information content (AvgIpc) is 2.87. The van der Waals surface area contributed by atoms with Crippen molar-refractivity contribution in [3.05, 3.63) is 12.2 Å². The molecule has 0 atom stereocenters. The molecule has 7 heteroatoms. The molecule has 0 heterocycles. The largest absolute Gasteiger partial charge is 0.481 e. The first-order valence-corrected chi connectivity index (χ1v) is 16.0. The van der Waals surface area contributed by atoms with E-state index in [1.807, 2.05) is 0 Å². The predicted molar refractivity (Wildman–Crippen MR) is 159 cm³/mol. The molecule has 39 heavy (non-hydrogen) atoms. The summed E-state index contributed by atoms with van der Waals surface area (Å²) in [5.41, 5.74) is 0. The molecule has 228 valence electrons. The number of rotatable bonds is 30. The molecule has 0 aromatic heterocycles. The average molecular weight is 555 g/mol. The van der Waals surface area contributed by atoms with Crippen LogP contribution in [0.4, 0.5) is 0 Å². The summed E-state index contributed by atoms with van der Waals surface area (Å²) in [6.07, 6.45) is 26.9. The van der Waals surface area contributed by atoms with Crippen molar-refractivity contribution in [2.24, 2.45) is 0 Å². The van der Waals surface area contributed by atoms with Gasteiger partial charge in [-0.2, -0.15) is 0 Å². The number of allylic oxidation sites excluding steroid dienone is 2. The van der Waals surface area contributed by atoms with Crippen LogP contribution < -0.4 is 0 Å². The third-order valence-electron chi connectivity index (χ3n) is 7.71. The second-order valence-corrected chi connectivity index (χ2v) is 11.4. The smallest absolute Gasteiger partial charge is 0.303 e. The number of carboxylic acids is 3. The highest BCUT2D eigenvalue weighted by molar-refractivity contribution is 5.67. The zero-order chi connectivity index (χ0) is 29.0. The summed E-state index contributed by atoms with van der Waals surface area (Å²) in [5, 5.41) is 27.2. The molecular formula is C32H60NO6+. The predicted octanol–water partition coefficient (Wildman–Crippen LogP) is 8.22.